The molecule has 1 aromatic carbocycles. The van der Waals surface area contributed by atoms with Crippen molar-refractivity contribution in [2.45, 2.75) is 26.4 Å². The third-order valence-corrected chi connectivity index (χ3v) is 3.88. The summed E-state index contributed by atoms with van der Waals surface area (Å²) in [7, 11) is 0. The van der Waals surface area contributed by atoms with Crippen LogP contribution >= 0.6 is 0 Å². The van der Waals surface area contributed by atoms with E-state index in [-0.39, 0.29) is 19.0 Å². The van der Waals surface area contributed by atoms with E-state index < -0.39 is 17.9 Å². The van der Waals surface area contributed by atoms with Crippen LogP contribution in [0, 0.1) is 0 Å². The van der Waals surface area contributed by atoms with E-state index in [0.29, 0.717) is 12.1 Å². The number of rotatable bonds is 8. The normalized spacial score (nSPS) is 11.6. The van der Waals surface area contributed by atoms with Gasteiger partial charge in [0.05, 0.1) is 18.3 Å². The second-order valence-electron chi connectivity index (χ2n) is 5.91. The Kier molecular flexibility index (Phi) is 6.48. The van der Waals surface area contributed by atoms with Crippen molar-refractivity contribution in [2.75, 3.05) is 13.1 Å². The van der Waals surface area contributed by atoms with Crippen LogP contribution in [0.4, 0.5) is 0 Å². The fraction of sp³-hybridized carbons (Fsp3) is 0.333. The first-order valence-electron chi connectivity index (χ1n) is 8.23. The summed E-state index contributed by atoms with van der Waals surface area (Å²) < 4.78 is 1.62. The Bertz CT molecular complexity index is 773. The lowest BCUT2D eigenvalue weighted by Gasteiger charge is -2.26. The van der Waals surface area contributed by atoms with Gasteiger partial charge in [0.15, 0.2) is 0 Å². The number of carboxylic acids is 1. The highest BCUT2D eigenvalue weighted by Gasteiger charge is 2.27. The standard InChI is InChI=1S/C18H22N4O4/c1-13(18(25)26)22(9-8-19-14(2)23)17(24)16-10-20-21(12-16)11-15-6-4-3-5-7-15/h3-7,10,12-13H,8-9,11H2,1-2H3,(H,19,23)(H,25,26). The SMILES string of the molecule is CC(=O)NCCN(C(=O)c1cnn(Cc2ccccc2)c1)C(C)C(=O)O. The Hall–Kier alpha value is -3.16. The Labute approximate surface area is 151 Å². The zero-order valence-electron chi connectivity index (χ0n) is 14.8. The van der Waals surface area contributed by atoms with Crippen LogP contribution < -0.4 is 5.32 Å². The van der Waals surface area contributed by atoms with Crippen molar-refractivity contribution >= 4 is 17.8 Å². The van der Waals surface area contributed by atoms with Gasteiger partial charge in [-0.2, -0.15) is 5.10 Å². The summed E-state index contributed by atoms with van der Waals surface area (Å²) >= 11 is 0. The lowest BCUT2D eigenvalue weighted by Crippen LogP contribution is -2.46. The Morgan fingerprint density at radius 2 is 1.96 bits per heavy atom. The van der Waals surface area contributed by atoms with Gasteiger partial charge < -0.3 is 15.3 Å². The average Bonchev–Trinajstić information content (AvgIpc) is 3.06. The van der Waals surface area contributed by atoms with E-state index in [9.17, 15) is 19.5 Å². The van der Waals surface area contributed by atoms with Gasteiger partial charge in [-0.1, -0.05) is 30.3 Å². The molecule has 1 aromatic heterocycles. The van der Waals surface area contributed by atoms with Crippen molar-refractivity contribution in [2.24, 2.45) is 0 Å². The van der Waals surface area contributed by atoms with Gasteiger partial charge in [0, 0.05) is 26.2 Å². The topological polar surface area (TPSA) is 105 Å². The maximum Gasteiger partial charge on any atom is 0.326 e. The molecule has 2 aromatic rings. The monoisotopic (exact) mass is 358 g/mol. The predicted octanol–water partition coefficient (Wildman–Crippen LogP) is 0.983. The minimum atomic E-state index is -1.11. The maximum absolute atomic E-state index is 12.7. The lowest BCUT2D eigenvalue weighted by molar-refractivity contribution is -0.141. The molecule has 2 rings (SSSR count). The van der Waals surface area contributed by atoms with Crippen LogP contribution in [-0.4, -0.2) is 56.7 Å². The number of hydrogen-bond donors (Lipinski definition) is 2. The summed E-state index contributed by atoms with van der Waals surface area (Å²) in [4.78, 5) is 36.3. The molecule has 2 N–H and O–H groups in total. The molecule has 0 spiro atoms. The number of aliphatic carboxylic acids is 1. The Morgan fingerprint density at radius 1 is 1.27 bits per heavy atom. The summed E-state index contributed by atoms with van der Waals surface area (Å²) in [5.41, 5.74) is 1.34. The summed E-state index contributed by atoms with van der Waals surface area (Å²) in [6, 6.07) is 8.65. The molecule has 8 nitrogen and oxygen atoms in total. The quantitative estimate of drug-likeness (QED) is 0.732. The third kappa shape index (κ3) is 5.17. The minimum absolute atomic E-state index is 0.0930. The second-order valence-corrected chi connectivity index (χ2v) is 5.91. The van der Waals surface area contributed by atoms with Crippen molar-refractivity contribution in [3.05, 3.63) is 53.9 Å². The molecule has 1 heterocycles. The summed E-state index contributed by atoms with van der Waals surface area (Å²) in [5.74, 6) is -1.79. The van der Waals surface area contributed by atoms with Crippen molar-refractivity contribution < 1.29 is 19.5 Å². The van der Waals surface area contributed by atoms with Crippen LogP contribution in [-0.2, 0) is 16.1 Å². The van der Waals surface area contributed by atoms with Crippen molar-refractivity contribution in [1.29, 1.82) is 0 Å². The number of nitrogens with one attached hydrogen (secondary N) is 1. The molecule has 8 heteroatoms. The molecule has 0 fully saturated rings. The fourth-order valence-corrected chi connectivity index (χ4v) is 2.45. The van der Waals surface area contributed by atoms with Crippen LogP contribution in [0.15, 0.2) is 42.7 Å². The molecular formula is C18H22N4O4. The molecule has 0 aliphatic carbocycles. The highest BCUT2D eigenvalue weighted by molar-refractivity contribution is 5.96. The molecular weight excluding hydrogens is 336 g/mol. The highest BCUT2D eigenvalue weighted by Crippen LogP contribution is 2.10. The van der Waals surface area contributed by atoms with Crippen LogP contribution in [0.2, 0.25) is 0 Å². The number of carbonyl (C=O) groups excluding carboxylic acids is 2. The van der Waals surface area contributed by atoms with Gasteiger partial charge in [0.2, 0.25) is 5.91 Å². The van der Waals surface area contributed by atoms with E-state index in [2.05, 4.69) is 10.4 Å². The molecule has 0 aliphatic rings. The van der Waals surface area contributed by atoms with E-state index in [0.717, 1.165) is 5.56 Å². The van der Waals surface area contributed by atoms with Crippen molar-refractivity contribution in [3.8, 4) is 0 Å². The summed E-state index contributed by atoms with van der Waals surface area (Å²) in [6.45, 7) is 3.57. The number of amides is 2. The molecule has 0 radical (unpaired) electrons. The first-order valence-corrected chi connectivity index (χ1v) is 8.23. The van der Waals surface area contributed by atoms with Crippen LogP contribution in [0.3, 0.4) is 0 Å². The molecule has 0 saturated heterocycles. The number of aromatic nitrogens is 2. The van der Waals surface area contributed by atoms with Gasteiger partial charge in [-0.3, -0.25) is 14.3 Å². The largest absolute Gasteiger partial charge is 0.480 e. The number of carbonyl (C=O) groups is 3. The van der Waals surface area contributed by atoms with Crippen molar-refractivity contribution in [3.63, 3.8) is 0 Å². The van der Waals surface area contributed by atoms with Crippen LogP contribution in [0.1, 0.15) is 29.8 Å². The molecule has 0 saturated carbocycles. The average molecular weight is 358 g/mol. The first kappa shape index (κ1) is 19.2. The lowest BCUT2D eigenvalue weighted by atomic mass is 10.2. The fourth-order valence-electron chi connectivity index (χ4n) is 2.45. The van der Waals surface area contributed by atoms with Gasteiger partial charge >= 0.3 is 5.97 Å². The van der Waals surface area contributed by atoms with E-state index in [1.165, 1.54) is 24.9 Å². The van der Waals surface area contributed by atoms with Gasteiger partial charge in [-0.05, 0) is 12.5 Å². The third-order valence-electron chi connectivity index (χ3n) is 3.88. The van der Waals surface area contributed by atoms with E-state index >= 15 is 0 Å². The maximum atomic E-state index is 12.7. The number of benzene rings is 1. The molecule has 138 valence electrons. The minimum Gasteiger partial charge on any atom is -0.480 e. The van der Waals surface area contributed by atoms with Crippen molar-refractivity contribution in [1.82, 2.24) is 20.0 Å². The first-order chi connectivity index (χ1) is 12.4. The zero-order chi connectivity index (χ0) is 19.1. The van der Waals surface area contributed by atoms with E-state index in [1.54, 1.807) is 10.9 Å². The molecule has 1 atom stereocenters. The summed E-state index contributed by atoms with van der Waals surface area (Å²) in [5, 5.41) is 16.0. The number of hydrogen-bond acceptors (Lipinski definition) is 4. The van der Waals surface area contributed by atoms with Gasteiger partial charge in [-0.15, -0.1) is 0 Å². The molecule has 2 amide bonds. The van der Waals surface area contributed by atoms with Crippen LogP contribution in [0.5, 0.6) is 0 Å². The Balaban J connectivity index is 2.11. The Morgan fingerprint density at radius 3 is 2.58 bits per heavy atom. The van der Waals surface area contributed by atoms with E-state index in [4.69, 9.17) is 0 Å². The van der Waals surface area contributed by atoms with Gasteiger partial charge in [-0.25, -0.2) is 4.79 Å². The number of nitrogens with zero attached hydrogens (tertiary/aromatic N) is 3. The van der Waals surface area contributed by atoms with Gasteiger partial charge in [0.25, 0.3) is 5.91 Å². The smallest absolute Gasteiger partial charge is 0.326 e. The highest BCUT2D eigenvalue weighted by atomic mass is 16.4. The molecule has 0 bridgehead atoms. The molecule has 0 aliphatic heterocycles. The summed E-state index contributed by atoms with van der Waals surface area (Å²) in [6.07, 6.45) is 3.01. The number of carboxylic acid groups (broad SMARTS) is 1. The van der Waals surface area contributed by atoms with Crippen LogP contribution in [0.25, 0.3) is 0 Å². The second kappa shape index (κ2) is 8.80. The molecule has 1 unspecified atom stereocenters. The predicted molar refractivity (Wildman–Crippen MR) is 94.6 cm³/mol. The van der Waals surface area contributed by atoms with Gasteiger partial charge in [0.1, 0.15) is 6.04 Å². The van der Waals surface area contributed by atoms with E-state index in [1.807, 2.05) is 30.3 Å². The zero-order valence-corrected chi connectivity index (χ0v) is 14.8. The molecule has 26 heavy (non-hydrogen) atoms.